The van der Waals surface area contributed by atoms with E-state index in [0.717, 1.165) is 15.4 Å². The fourth-order valence-electron chi connectivity index (χ4n) is 2.94. The van der Waals surface area contributed by atoms with Gasteiger partial charge >= 0.3 is 5.97 Å². The van der Waals surface area contributed by atoms with E-state index in [9.17, 15) is 9.90 Å². The molecule has 0 aliphatic heterocycles. The highest BCUT2D eigenvalue weighted by Gasteiger charge is 2.25. The van der Waals surface area contributed by atoms with Crippen LogP contribution in [0.4, 0.5) is 11.6 Å². The lowest BCUT2D eigenvalue weighted by Gasteiger charge is -2.08. The number of aliphatic hydroxyl groups is 1. The highest BCUT2D eigenvalue weighted by molar-refractivity contribution is 7.15. The van der Waals surface area contributed by atoms with E-state index < -0.39 is 6.10 Å². The molecule has 0 spiro atoms. The molecule has 3 aromatic heterocycles. The molecule has 3 heterocycles. The summed E-state index contributed by atoms with van der Waals surface area (Å²) in [5.41, 5.74) is 1.65. The van der Waals surface area contributed by atoms with E-state index in [1.807, 2.05) is 18.2 Å². The number of rotatable bonds is 8. The summed E-state index contributed by atoms with van der Waals surface area (Å²) < 4.78 is 4.89. The molecule has 9 heteroatoms. The number of hydrogen-bond acceptors (Lipinski definition) is 8. The van der Waals surface area contributed by atoms with Crippen molar-refractivity contribution in [1.82, 2.24) is 20.2 Å². The Morgan fingerprint density at radius 3 is 3.07 bits per heavy atom. The SMILES string of the molecule is C#Cc1cnc(-c2ccc(C(O)CCOC(C)=O)s2)nc1Nc1cc(C2CC2)[nH]n1. The highest BCUT2D eigenvalue weighted by atomic mass is 32.1. The lowest BCUT2D eigenvalue weighted by Crippen LogP contribution is -2.05. The number of hydrogen-bond donors (Lipinski definition) is 3. The van der Waals surface area contributed by atoms with Gasteiger partial charge in [0.1, 0.15) is 0 Å². The van der Waals surface area contributed by atoms with Crippen LogP contribution in [0.15, 0.2) is 24.4 Å². The molecule has 1 aliphatic rings. The molecule has 0 saturated heterocycles. The lowest BCUT2D eigenvalue weighted by molar-refractivity contribution is -0.141. The number of thiophene rings is 1. The van der Waals surface area contributed by atoms with Gasteiger partial charge in [-0.15, -0.1) is 17.8 Å². The normalized spacial score (nSPS) is 14.2. The smallest absolute Gasteiger partial charge is 0.302 e. The molecule has 3 aromatic rings. The van der Waals surface area contributed by atoms with Crippen molar-refractivity contribution in [1.29, 1.82) is 0 Å². The number of carbonyl (C=O) groups is 1. The Kier molecular flexibility index (Phi) is 5.79. The molecule has 0 bridgehead atoms. The number of aliphatic hydroxyl groups excluding tert-OH is 1. The molecule has 0 aromatic carbocycles. The molecular formula is C21H21N5O3S. The van der Waals surface area contributed by atoms with Crippen LogP contribution < -0.4 is 5.32 Å². The zero-order chi connectivity index (χ0) is 21.1. The van der Waals surface area contributed by atoms with Gasteiger partial charge in [-0.3, -0.25) is 9.89 Å². The predicted octanol–water partition coefficient (Wildman–Crippen LogP) is 3.52. The Morgan fingerprint density at radius 1 is 1.50 bits per heavy atom. The van der Waals surface area contributed by atoms with Gasteiger partial charge < -0.3 is 15.2 Å². The summed E-state index contributed by atoms with van der Waals surface area (Å²) in [6.45, 7) is 1.51. The minimum atomic E-state index is -0.726. The van der Waals surface area contributed by atoms with Crippen molar-refractivity contribution in [3.05, 3.63) is 40.5 Å². The average Bonchev–Trinajstić information content (AvgIpc) is 3.27. The van der Waals surface area contributed by atoms with Crippen molar-refractivity contribution in [2.75, 3.05) is 11.9 Å². The van der Waals surface area contributed by atoms with Crippen LogP contribution in [-0.4, -0.2) is 37.8 Å². The average molecular weight is 423 g/mol. The number of ether oxygens (including phenoxy) is 1. The van der Waals surface area contributed by atoms with E-state index in [-0.39, 0.29) is 12.6 Å². The van der Waals surface area contributed by atoms with E-state index in [1.165, 1.54) is 31.1 Å². The summed E-state index contributed by atoms with van der Waals surface area (Å²) in [6.07, 6.45) is 9.16. The van der Waals surface area contributed by atoms with Crippen LogP contribution in [0.2, 0.25) is 0 Å². The molecule has 4 rings (SSSR count). The number of nitrogens with one attached hydrogen (secondary N) is 2. The molecule has 0 radical (unpaired) electrons. The van der Waals surface area contributed by atoms with Crippen LogP contribution in [0.5, 0.6) is 0 Å². The second kappa shape index (κ2) is 8.65. The molecule has 1 atom stereocenters. The van der Waals surface area contributed by atoms with Crippen LogP contribution in [0, 0.1) is 12.3 Å². The molecule has 1 aliphatic carbocycles. The van der Waals surface area contributed by atoms with E-state index in [1.54, 1.807) is 6.20 Å². The van der Waals surface area contributed by atoms with Crippen LogP contribution in [0.25, 0.3) is 10.7 Å². The maximum atomic E-state index is 10.9. The summed E-state index contributed by atoms with van der Waals surface area (Å²) in [5, 5.41) is 20.8. The Bertz CT molecular complexity index is 1100. The first-order valence-corrected chi connectivity index (χ1v) is 10.4. The molecule has 0 amide bonds. The molecule has 8 nitrogen and oxygen atoms in total. The monoisotopic (exact) mass is 423 g/mol. The topological polar surface area (TPSA) is 113 Å². The number of anilines is 2. The molecule has 1 fully saturated rings. The second-order valence-electron chi connectivity index (χ2n) is 7.05. The summed E-state index contributed by atoms with van der Waals surface area (Å²) >= 11 is 1.38. The van der Waals surface area contributed by atoms with Gasteiger partial charge in [-0.1, -0.05) is 5.92 Å². The van der Waals surface area contributed by atoms with Gasteiger partial charge in [0.15, 0.2) is 17.5 Å². The van der Waals surface area contributed by atoms with E-state index >= 15 is 0 Å². The van der Waals surface area contributed by atoms with Gasteiger partial charge in [0.05, 0.1) is 23.2 Å². The van der Waals surface area contributed by atoms with E-state index in [2.05, 4.69) is 31.4 Å². The largest absolute Gasteiger partial charge is 0.466 e. The standard InChI is InChI=1S/C21H21N5O3S/c1-3-13-11-22-21(18-7-6-17(30-18)16(28)8-9-29-12(2)27)24-20(13)23-19-10-15(25-26-19)14-4-5-14/h1,6-7,10-11,14,16,28H,4-5,8-9H2,2H3,(H2,22,23,24,25,26). The van der Waals surface area contributed by atoms with Crippen molar-refractivity contribution in [3.8, 4) is 23.0 Å². The number of aromatic nitrogens is 4. The van der Waals surface area contributed by atoms with Gasteiger partial charge in [0.2, 0.25) is 0 Å². The molecule has 154 valence electrons. The molecular weight excluding hydrogens is 402 g/mol. The Balaban J connectivity index is 1.50. The first-order chi connectivity index (χ1) is 14.5. The van der Waals surface area contributed by atoms with E-state index in [4.69, 9.17) is 11.2 Å². The summed E-state index contributed by atoms with van der Waals surface area (Å²) in [4.78, 5) is 21.3. The first kappa shape index (κ1) is 20.1. The molecule has 1 saturated carbocycles. The van der Waals surface area contributed by atoms with Crippen LogP contribution >= 0.6 is 11.3 Å². The number of terminal acetylenes is 1. The van der Waals surface area contributed by atoms with Gasteiger partial charge in [0, 0.05) is 42.1 Å². The molecule has 3 N–H and O–H groups in total. The number of nitrogens with zero attached hydrogens (tertiary/aromatic N) is 3. The quantitative estimate of drug-likeness (QED) is 0.375. The number of aromatic amines is 1. The zero-order valence-corrected chi connectivity index (χ0v) is 17.2. The third kappa shape index (κ3) is 4.67. The summed E-state index contributed by atoms with van der Waals surface area (Å²) in [6, 6.07) is 5.64. The van der Waals surface area contributed by atoms with Gasteiger partial charge in [-0.25, -0.2) is 9.97 Å². The predicted molar refractivity (Wildman–Crippen MR) is 113 cm³/mol. The van der Waals surface area contributed by atoms with Crippen molar-refractivity contribution < 1.29 is 14.6 Å². The lowest BCUT2D eigenvalue weighted by atomic mass is 10.2. The van der Waals surface area contributed by atoms with Crippen molar-refractivity contribution >= 4 is 28.9 Å². The minimum Gasteiger partial charge on any atom is -0.466 e. The Labute approximate surface area is 177 Å². The summed E-state index contributed by atoms with van der Waals surface area (Å²) in [5.74, 6) is 4.45. The van der Waals surface area contributed by atoms with Crippen molar-refractivity contribution in [3.63, 3.8) is 0 Å². The first-order valence-electron chi connectivity index (χ1n) is 9.61. The number of H-pyrrole nitrogens is 1. The fourth-order valence-corrected chi connectivity index (χ4v) is 3.91. The van der Waals surface area contributed by atoms with Crippen molar-refractivity contribution in [2.24, 2.45) is 0 Å². The maximum Gasteiger partial charge on any atom is 0.302 e. The van der Waals surface area contributed by atoms with Gasteiger partial charge in [-0.2, -0.15) is 5.10 Å². The van der Waals surface area contributed by atoms with Crippen LogP contribution in [0.3, 0.4) is 0 Å². The molecule has 30 heavy (non-hydrogen) atoms. The maximum absolute atomic E-state index is 10.9. The van der Waals surface area contributed by atoms with Crippen molar-refractivity contribution in [2.45, 2.75) is 38.2 Å². The number of esters is 1. The summed E-state index contributed by atoms with van der Waals surface area (Å²) in [7, 11) is 0. The third-order valence-corrected chi connectivity index (χ3v) is 5.86. The minimum absolute atomic E-state index is 0.164. The Hall–Kier alpha value is -3.22. The highest BCUT2D eigenvalue weighted by Crippen LogP contribution is 2.39. The van der Waals surface area contributed by atoms with Crippen LogP contribution in [-0.2, 0) is 9.53 Å². The Morgan fingerprint density at radius 2 is 2.33 bits per heavy atom. The zero-order valence-electron chi connectivity index (χ0n) is 16.4. The van der Waals surface area contributed by atoms with Gasteiger partial charge in [-0.05, 0) is 25.0 Å². The number of carbonyl (C=O) groups excluding carboxylic acids is 1. The second-order valence-corrected chi connectivity index (χ2v) is 8.17. The fraction of sp³-hybridized carbons (Fsp3) is 0.333. The third-order valence-electron chi connectivity index (χ3n) is 4.68. The van der Waals surface area contributed by atoms with E-state index in [0.29, 0.717) is 35.4 Å². The van der Waals surface area contributed by atoms with Gasteiger partial charge in [0.25, 0.3) is 0 Å². The molecule has 1 unspecified atom stereocenters. The van der Waals surface area contributed by atoms with Crippen LogP contribution in [0.1, 0.15) is 54.3 Å².